The fraction of sp³-hybridized carbons (Fsp3) is 0.0588. The van der Waals surface area contributed by atoms with E-state index in [9.17, 15) is 4.79 Å². The first-order chi connectivity index (χ1) is 10.8. The SMILES string of the molecule is O=C(/C=C/c1cnn(-c2ccccc2)c1)NCc1cccs1. The third-order valence-corrected chi connectivity index (χ3v) is 3.94. The Morgan fingerprint density at radius 3 is 2.86 bits per heavy atom. The number of aromatic nitrogens is 2. The maximum absolute atomic E-state index is 11.8. The molecule has 5 heteroatoms. The van der Waals surface area contributed by atoms with Gasteiger partial charge in [0.15, 0.2) is 0 Å². The van der Waals surface area contributed by atoms with Gasteiger partial charge in [-0.25, -0.2) is 4.68 Å². The molecule has 0 radical (unpaired) electrons. The predicted octanol–water partition coefficient (Wildman–Crippen LogP) is 3.26. The van der Waals surface area contributed by atoms with E-state index < -0.39 is 0 Å². The lowest BCUT2D eigenvalue weighted by atomic mass is 10.3. The molecule has 0 fully saturated rings. The van der Waals surface area contributed by atoms with Crippen LogP contribution >= 0.6 is 11.3 Å². The number of thiophene rings is 1. The third-order valence-electron chi connectivity index (χ3n) is 3.07. The molecular formula is C17H15N3OS. The highest BCUT2D eigenvalue weighted by molar-refractivity contribution is 7.09. The average molecular weight is 309 g/mol. The van der Waals surface area contributed by atoms with E-state index in [4.69, 9.17) is 0 Å². The van der Waals surface area contributed by atoms with Gasteiger partial charge in [0.1, 0.15) is 0 Å². The second-order valence-electron chi connectivity index (χ2n) is 4.68. The van der Waals surface area contributed by atoms with Crippen molar-refractivity contribution in [3.63, 3.8) is 0 Å². The first-order valence-corrected chi connectivity index (χ1v) is 7.77. The molecule has 0 unspecified atom stereocenters. The lowest BCUT2D eigenvalue weighted by molar-refractivity contribution is -0.116. The van der Waals surface area contributed by atoms with Crippen LogP contribution in [0.25, 0.3) is 11.8 Å². The van der Waals surface area contributed by atoms with E-state index in [-0.39, 0.29) is 5.91 Å². The molecule has 4 nitrogen and oxygen atoms in total. The van der Waals surface area contributed by atoms with Crippen LogP contribution in [0.15, 0.2) is 66.3 Å². The molecule has 0 aliphatic carbocycles. The zero-order chi connectivity index (χ0) is 15.2. The Morgan fingerprint density at radius 1 is 1.23 bits per heavy atom. The van der Waals surface area contributed by atoms with Crippen molar-refractivity contribution < 1.29 is 4.79 Å². The van der Waals surface area contributed by atoms with Gasteiger partial charge >= 0.3 is 0 Å². The lowest BCUT2D eigenvalue weighted by Gasteiger charge is -1.99. The summed E-state index contributed by atoms with van der Waals surface area (Å²) in [4.78, 5) is 12.9. The fourth-order valence-electron chi connectivity index (χ4n) is 1.96. The van der Waals surface area contributed by atoms with Crippen LogP contribution < -0.4 is 5.32 Å². The number of carbonyl (C=O) groups excluding carboxylic acids is 1. The molecule has 3 rings (SSSR count). The van der Waals surface area contributed by atoms with Crippen LogP contribution in [0.4, 0.5) is 0 Å². The summed E-state index contributed by atoms with van der Waals surface area (Å²) < 4.78 is 1.78. The maximum Gasteiger partial charge on any atom is 0.244 e. The van der Waals surface area contributed by atoms with Gasteiger partial charge in [-0.3, -0.25) is 4.79 Å². The minimum atomic E-state index is -0.110. The van der Waals surface area contributed by atoms with Gasteiger partial charge in [0.25, 0.3) is 0 Å². The summed E-state index contributed by atoms with van der Waals surface area (Å²) in [6.07, 6.45) is 6.91. The largest absolute Gasteiger partial charge is 0.348 e. The molecule has 2 aromatic heterocycles. The van der Waals surface area contributed by atoms with Gasteiger partial charge in [0, 0.05) is 22.7 Å². The van der Waals surface area contributed by atoms with Crippen LogP contribution in [0.2, 0.25) is 0 Å². The van der Waals surface area contributed by atoms with E-state index in [1.807, 2.05) is 54.0 Å². The molecular weight excluding hydrogens is 294 g/mol. The molecule has 3 aromatic rings. The van der Waals surface area contributed by atoms with E-state index in [2.05, 4.69) is 10.4 Å². The van der Waals surface area contributed by atoms with Crippen LogP contribution in [0, 0.1) is 0 Å². The normalized spacial score (nSPS) is 10.9. The summed E-state index contributed by atoms with van der Waals surface area (Å²) in [6, 6.07) is 13.8. The van der Waals surface area contributed by atoms with Crippen molar-refractivity contribution in [2.45, 2.75) is 6.54 Å². The molecule has 0 aliphatic rings. The van der Waals surface area contributed by atoms with Crippen LogP contribution in [0.3, 0.4) is 0 Å². The van der Waals surface area contributed by atoms with Crippen LogP contribution in [0.5, 0.6) is 0 Å². The topological polar surface area (TPSA) is 46.9 Å². The highest BCUT2D eigenvalue weighted by Crippen LogP contribution is 2.09. The quantitative estimate of drug-likeness (QED) is 0.735. The smallest absolute Gasteiger partial charge is 0.244 e. The summed E-state index contributed by atoms with van der Waals surface area (Å²) in [5, 5.41) is 9.13. The van der Waals surface area contributed by atoms with Gasteiger partial charge in [-0.05, 0) is 29.7 Å². The summed E-state index contributed by atoms with van der Waals surface area (Å²) in [5.74, 6) is -0.110. The van der Waals surface area contributed by atoms with Crippen LogP contribution in [-0.4, -0.2) is 15.7 Å². The Kier molecular flexibility index (Phi) is 4.46. The van der Waals surface area contributed by atoms with Crippen molar-refractivity contribution in [3.05, 3.63) is 76.8 Å². The predicted molar refractivity (Wildman–Crippen MR) is 88.8 cm³/mol. The average Bonchev–Trinajstić information content (AvgIpc) is 3.23. The number of carbonyl (C=O) groups is 1. The Labute approximate surface area is 132 Å². The van der Waals surface area contributed by atoms with Crippen molar-refractivity contribution >= 4 is 23.3 Å². The first-order valence-electron chi connectivity index (χ1n) is 6.90. The molecule has 2 heterocycles. The van der Waals surface area contributed by atoms with Crippen LogP contribution in [0.1, 0.15) is 10.4 Å². The molecule has 1 aromatic carbocycles. The third kappa shape index (κ3) is 3.71. The number of benzene rings is 1. The standard InChI is InChI=1S/C17H15N3OS/c21-17(18-12-16-7-4-10-22-16)9-8-14-11-19-20(13-14)15-5-2-1-3-6-15/h1-11,13H,12H2,(H,18,21)/b9-8+. The minimum Gasteiger partial charge on any atom is -0.348 e. The number of hydrogen-bond acceptors (Lipinski definition) is 3. The maximum atomic E-state index is 11.8. The summed E-state index contributed by atoms with van der Waals surface area (Å²) in [7, 11) is 0. The van der Waals surface area contributed by atoms with E-state index in [0.29, 0.717) is 6.54 Å². The summed E-state index contributed by atoms with van der Waals surface area (Å²) in [5.41, 5.74) is 1.87. The zero-order valence-electron chi connectivity index (χ0n) is 11.8. The number of nitrogens with zero attached hydrogens (tertiary/aromatic N) is 2. The molecule has 110 valence electrons. The Hall–Kier alpha value is -2.66. The van der Waals surface area contributed by atoms with Gasteiger partial charge in [0.2, 0.25) is 5.91 Å². The van der Waals surface area contributed by atoms with Gasteiger partial charge in [-0.1, -0.05) is 24.3 Å². The number of rotatable bonds is 5. The summed E-state index contributed by atoms with van der Waals surface area (Å²) in [6.45, 7) is 0.560. The number of nitrogens with one attached hydrogen (secondary N) is 1. The molecule has 0 bridgehead atoms. The first kappa shape index (κ1) is 14.3. The summed E-state index contributed by atoms with van der Waals surface area (Å²) >= 11 is 1.63. The highest BCUT2D eigenvalue weighted by Gasteiger charge is 2.00. The second kappa shape index (κ2) is 6.87. The molecule has 22 heavy (non-hydrogen) atoms. The Balaban J connectivity index is 1.58. The van der Waals surface area contributed by atoms with Crippen LogP contribution in [-0.2, 0) is 11.3 Å². The molecule has 0 saturated carbocycles. The van der Waals surface area contributed by atoms with E-state index in [1.54, 1.807) is 28.3 Å². The van der Waals surface area contributed by atoms with Crippen molar-refractivity contribution in [3.8, 4) is 5.69 Å². The van der Waals surface area contributed by atoms with E-state index in [0.717, 1.165) is 16.1 Å². The molecule has 0 atom stereocenters. The lowest BCUT2D eigenvalue weighted by Crippen LogP contribution is -2.19. The molecule has 0 aliphatic heterocycles. The zero-order valence-corrected chi connectivity index (χ0v) is 12.7. The van der Waals surface area contributed by atoms with Gasteiger partial charge < -0.3 is 5.32 Å². The minimum absolute atomic E-state index is 0.110. The number of hydrogen-bond donors (Lipinski definition) is 1. The second-order valence-corrected chi connectivity index (χ2v) is 5.72. The van der Waals surface area contributed by atoms with Crippen molar-refractivity contribution in [2.75, 3.05) is 0 Å². The highest BCUT2D eigenvalue weighted by atomic mass is 32.1. The number of amides is 1. The number of para-hydroxylation sites is 1. The molecule has 1 amide bonds. The van der Waals surface area contributed by atoms with Gasteiger partial charge in [-0.2, -0.15) is 5.10 Å². The molecule has 0 spiro atoms. The van der Waals surface area contributed by atoms with Gasteiger partial charge in [0.05, 0.1) is 18.4 Å². The van der Waals surface area contributed by atoms with Crippen molar-refractivity contribution in [2.24, 2.45) is 0 Å². The van der Waals surface area contributed by atoms with E-state index >= 15 is 0 Å². The monoisotopic (exact) mass is 309 g/mol. The van der Waals surface area contributed by atoms with Gasteiger partial charge in [-0.15, -0.1) is 11.3 Å². The van der Waals surface area contributed by atoms with Crippen molar-refractivity contribution in [1.82, 2.24) is 15.1 Å². The Bertz CT molecular complexity index is 760. The molecule has 1 N–H and O–H groups in total. The fourth-order valence-corrected chi connectivity index (χ4v) is 2.61. The molecule has 0 saturated heterocycles. The Morgan fingerprint density at radius 2 is 2.09 bits per heavy atom. The van der Waals surface area contributed by atoms with E-state index in [1.165, 1.54) is 6.08 Å². The van der Waals surface area contributed by atoms with Crippen molar-refractivity contribution in [1.29, 1.82) is 0 Å².